The summed E-state index contributed by atoms with van der Waals surface area (Å²) < 4.78 is 0. The molecule has 2 heterocycles. The first-order valence-electron chi connectivity index (χ1n) is 6.01. The Labute approximate surface area is 102 Å². The van der Waals surface area contributed by atoms with Crippen LogP contribution in [0.5, 0.6) is 0 Å². The maximum atomic E-state index is 4.28. The number of hydrogen-bond donors (Lipinski definition) is 2. The zero-order valence-corrected chi connectivity index (χ0v) is 10.1. The van der Waals surface area contributed by atoms with Crippen LogP contribution < -0.4 is 5.32 Å². The minimum absolute atomic E-state index is 0.295. The summed E-state index contributed by atoms with van der Waals surface area (Å²) in [4.78, 5) is 11.5. The summed E-state index contributed by atoms with van der Waals surface area (Å²) in [6, 6.07) is 4.40. The largest absolute Gasteiger partial charge is 0.349 e. The quantitative estimate of drug-likeness (QED) is 0.799. The minimum Gasteiger partial charge on any atom is -0.349 e. The molecule has 2 rings (SSSR count). The molecule has 2 N–H and O–H groups in total. The molecule has 4 nitrogen and oxygen atoms in total. The molecule has 0 amide bonds. The van der Waals surface area contributed by atoms with Gasteiger partial charge < -0.3 is 10.3 Å². The van der Waals surface area contributed by atoms with E-state index < -0.39 is 0 Å². The van der Waals surface area contributed by atoms with Crippen LogP contribution in [0, 0.1) is 0 Å². The van der Waals surface area contributed by atoms with Gasteiger partial charge in [0.1, 0.15) is 5.82 Å². The summed E-state index contributed by atoms with van der Waals surface area (Å²) in [6.45, 7) is 3.18. The summed E-state index contributed by atoms with van der Waals surface area (Å²) in [5.74, 6) is 1.01. The van der Waals surface area contributed by atoms with Gasteiger partial charge in [0, 0.05) is 37.3 Å². The molecule has 0 aliphatic carbocycles. The maximum absolute atomic E-state index is 4.28. The van der Waals surface area contributed by atoms with Gasteiger partial charge in [-0.15, -0.1) is 0 Å². The highest BCUT2D eigenvalue weighted by molar-refractivity contribution is 5.16. The Morgan fingerprint density at radius 3 is 2.76 bits per heavy atom. The molecule has 1 unspecified atom stereocenters. The first-order chi connectivity index (χ1) is 8.40. The van der Waals surface area contributed by atoms with Crippen LogP contribution in [-0.4, -0.2) is 21.5 Å². The number of aromatic amines is 1. The van der Waals surface area contributed by atoms with Gasteiger partial charge in [-0.25, -0.2) is 4.98 Å². The Kier molecular flexibility index (Phi) is 4.27. The van der Waals surface area contributed by atoms with Crippen molar-refractivity contribution in [2.24, 2.45) is 0 Å². The summed E-state index contributed by atoms with van der Waals surface area (Å²) in [6.07, 6.45) is 9.31. The molecule has 0 bridgehead atoms. The van der Waals surface area contributed by atoms with Gasteiger partial charge >= 0.3 is 0 Å². The maximum Gasteiger partial charge on any atom is 0.107 e. The lowest BCUT2D eigenvalue weighted by atomic mass is 10.0. The van der Waals surface area contributed by atoms with E-state index in [0.29, 0.717) is 6.04 Å². The monoisotopic (exact) mass is 230 g/mol. The van der Waals surface area contributed by atoms with Gasteiger partial charge in [0.15, 0.2) is 0 Å². The van der Waals surface area contributed by atoms with Crippen molar-refractivity contribution in [3.63, 3.8) is 0 Å². The summed E-state index contributed by atoms with van der Waals surface area (Å²) in [7, 11) is 0. The lowest BCUT2D eigenvalue weighted by Gasteiger charge is -2.17. The Morgan fingerprint density at radius 2 is 2.12 bits per heavy atom. The standard InChI is InChI=1S/C13H18N4/c1-2-5-15-12(10-13-16-8-9-17-13)11-3-6-14-7-4-11/h3-4,6-9,12,15H,2,5,10H2,1H3,(H,16,17). The average molecular weight is 230 g/mol. The van der Waals surface area contributed by atoms with Gasteiger partial charge in [0.25, 0.3) is 0 Å². The van der Waals surface area contributed by atoms with Crippen LogP contribution in [0.15, 0.2) is 36.9 Å². The average Bonchev–Trinajstić information content (AvgIpc) is 2.88. The van der Waals surface area contributed by atoms with Gasteiger partial charge in [-0.1, -0.05) is 6.92 Å². The molecule has 2 aromatic rings. The van der Waals surface area contributed by atoms with Crippen LogP contribution in [0.2, 0.25) is 0 Å². The number of pyridine rings is 1. The predicted molar refractivity (Wildman–Crippen MR) is 67.6 cm³/mol. The second-order valence-electron chi connectivity index (χ2n) is 4.03. The van der Waals surface area contributed by atoms with Crippen molar-refractivity contribution < 1.29 is 0 Å². The number of imidazole rings is 1. The highest BCUT2D eigenvalue weighted by Crippen LogP contribution is 2.15. The first kappa shape index (κ1) is 11.8. The van der Waals surface area contributed by atoms with E-state index in [2.05, 4.69) is 39.3 Å². The van der Waals surface area contributed by atoms with Crippen LogP contribution in [0.3, 0.4) is 0 Å². The van der Waals surface area contributed by atoms with Gasteiger partial charge in [-0.3, -0.25) is 4.98 Å². The molecular weight excluding hydrogens is 212 g/mol. The molecule has 0 spiro atoms. The third-order valence-electron chi connectivity index (χ3n) is 2.70. The third kappa shape index (κ3) is 3.39. The normalized spacial score (nSPS) is 12.5. The number of nitrogens with one attached hydrogen (secondary N) is 2. The molecule has 0 radical (unpaired) electrons. The number of nitrogens with zero attached hydrogens (tertiary/aromatic N) is 2. The van der Waals surface area contributed by atoms with Gasteiger partial charge in [-0.2, -0.15) is 0 Å². The van der Waals surface area contributed by atoms with E-state index in [1.165, 1.54) is 5.56 Å². The molecule has 0 aliphatic heterocycles. The molecule has 2 aromatic heterocycles. The van der Waals surface area contributed by atoms with Crippen molar-refractivity contribution in [3.8, 4) is 0 Å². The Hall–Kier alpha value is -1.68. The predicted octanol–water partition coefficient (Wildman–Crippen LogP) is 2.09. The molecule has 0 saturated carbocycles. The van der Waals surface area contributed by atoms with Crippen LogP contribution >= 0.6 is 0 Å². The van der Waals surface area contributed by atoms with E-state index in [9.17, 15) is 0 Å². The SMILES string of the molecule is CCCNC(Cc1ncc[nH]1)c1ccncc1. The molecule has 0 saturated heterocycles. The Morgan fingerprint density at radius 1 is 1.29 bits per heavy atom. The molecule has 0 aliphatic rings. The molecule has 4 heteroatoms. The van der Waals surface area contributed by atoms with Crippen LogP contribution in [0.4, 0.5) is 0 Å². The van der Waals surface area contributed by atoms with Crippen molar-refractivity contribution in [1.29, 1.82) is 0 Å². The number of aromatic nitrogens is 3. The van der Waals surface area contributed by atoms with Gasteiger partial charge in [0.2, 0.25) is 0 Å². The fraction of sp³-hybridized carbons (Fsp3) is 0.385. The topological polar surface area (TPSA) is 53.6 Å². The number of H-pyrrole nitrogens is 1. The van der Waals surface area contributed by atoms with E-state index in [-0.39, 0.29) is 0 Å². The van der Waals surface area contributed by atoms with E-state index >= 15 is 0 Å². The molecule has 1 atom stereocenters. The second kappa shape index (κ2) is 6.15. The van der Waals surface area contributed by atoms with Gasteiger partial charge in [-0.05, 0) is 30.7 Å². The number of hydrogen-bond acceptors (Lipinski definition) is 3. The first-order valence-corrected chi connectivity index (χ1v) is 6.01. The summed E-state index contributed by atoms with van der Waals surface area (Å²) in [5.41, 5.74) is 1.25. The van der Waals surface area contributed by atoms with Crippen molar-refractivity contribution in [2.75, 3.05) is 6.54 Å². The highest BCUT2D eigenvalue weighted by atomic mass is 14.9. The van der Waals surface area contributed by atoms with Crippen molar-refractivity contribution in [2.45, 2.75) is 25.8 Å². The smallest absolute Gasteiger partial charge is 0.107 e. The molecule has 0 aromatic carbocycles. The lowest BCUT2D eigenvalue weighted by molar-refractivity contribution is 0.520. The Bertz CT molecular complexity index is 410. The van der Waals surface area contributed by atoms with Crippen LogP contribution in [0.1, 0.15) is 30.8 Å². The van der Waals surface area contributed by atoms with Crippen molar-refractivity contribution in [3.05, 3.63) is 48.3 Å². The van der Waals surface area contributed by atoms with Gasteiger partial charge in [0.05, 0.1) is 0 Å². The van der Waals surface area contributed by atoms with E-state index in [4.69, 9.17) is 0 Å². The molecule has 90 valence electrons. The molecular formula is C13H18N4. The van der Waals surface area contributed by atoms with E-state index in [1.54, 1.807) is 6.20 Å². The lowest BCUT2D eigenvalue weighted by Crippen LogP contribution is -2.24. The zero-order valence-electron chi connectivity index (χ0n) is 10.1. The molecule has 17 heavy (non-hydrogen) atoms. The fourth-order valence-corrected chi connectivity index (χ4v) is 1.83. The summed E-state index contributed by atoms with van der Waals surface area (Å²) in [5, 5.41) is 3.54. The third-order valence-corrected chi connectivity index (χ3v) is 2.70. The van der Waals surface area contributed by atoms with Crippen LogP contribution in [0.25, 0.3) is 0 Å². The van der Waals surface area contributed by atoms with Crippen LogP contribution in [-0.2, 0) is 6.42 Å². The zero-order chi connectivity index (χ0) is 11.9. The van der Waals surface area contributed by atoms with E-state index in [1.807, 2.05) is 18.6 Å². The summed E-state index contributed by atoms with van der Waals surface area (Å²) >= 11 is 0. The van der Waals surface area contributed by atoms with Crippen molar-refractivity contribution in [1.82, 2.24) is 20.3 Å². The highest BCUT2D eigenvalue weighted by Gasteiger charge is 2.12. The Balaban J connectivity index is 2.08. The molecule has 0 fully saturated rings. The van der Waals surface area contributed by atoms with Crippen molar-refractivity contribution >= 4 is 0 Å². The fourth-order valence-electron chi connectivity index (χ4n) is 1.83. The second-order valence-corrected chi connectivity index (χ2v) is 4.03. The minimum atomic E-state index is 0.295. The number of rotatable bonds is 6. The van der Waals surface area contributed by atoms with E-state index in [0.717, 1.165) is 25.2 Å².